The summed E-state index contributed by atoms with van der Waals surface area (Å²) < 4.78 is 25.5. The zero-order chi connectivity index (χ0) is 18.0. The lowest BCUT2D eigenvalue weighted by Crippen LogP contribution is -2.32. The molecule has 25 heavy (non-hydrogen) atoms. The van der Waals surface area contributed by atoms with Gasteiger partial charge in [-0.05, 0) is 36.8 Å². The molecular formula is C19H22N2O3S. The molecule has 1 fully saturated rings. The number of amides is 1. The van der Waals surface area contributed by atoms with Gasteiger partial charge < -0.3 is 9.80 Å². The van der Waals surface area contributed by atoms with E-state index >= 15 is 0 Å². The van der Waals surface area contributed by atoms with E-state index in [1.165, 1.54) is 0 Å². The van der Waals surface area contributed by atoms with Crippen LogP contribution in [0.5, 0.6) is 0 Å². The fourth-order valence-corrected chi connectivity index (χ4v) is 4.78. The van der Waals surface area contributed by atoms with E-state index in [4.69, 9.17) is 0 Å². The molecule has 2 aromatic rings. The average molecular weight is 358 g/mol. The Kier molecular flexibility index (Phi) is 4.81. The van der Waals surface area contributed by atoms with Crippen LogP contribution in [0.2, 0.25) is 0 Å². The lowest BCUT2D eigenvalue weighted by Gasteiger charge is -2.18. The van der Waals surface area contributed by atoms with Crippen molar-refractivity contribution in [2.45, 2.75) is 16.6 Å². The molecular weight excluding hydrogens is 336 g/mol. The van der Waals surface area contributed by atoms with Crippen molar-refractivity contribution in [2.75, 3.05) is 32.1 Å². The molecule has 0 N–H and O–H groups in total. The van der Waals surface area contributed by atoms with Crippen LogP contribution in [0.1, 0.15) is 16.8 Å². The van der Waals surface area contributed by atoms with Crippen molar-refractivity contribution in [3.05, 3.63) is 60.2 Å². The Balaban J connectivity index is 1.77. The van der Waals surface area contributed by atoms with Crippen LogP contribution in [0.25, 0.3) is 0 Å². The number of nitrogens with zero attached hydrogens (tertiary/aromatic N) is 2. The van der Waals surface area contributed by atoms with Crippen LogP contribution in [0.3, 0.4) is 0 Å². The van der Waals surface area contributed by atoms with Crippen LogP contribution in [0.15, 0.2) is 59.5 Å². The Morgan fingerprint density at radius 1 is 1.08 bits per heavy atom. The minimum atomic E-state index is -3.41. The van der Waals surface area contributed by atoms with E-state index < -0.39 is 15.1 Å². The predicted octanol–water partition coefficient (Wildman–Crippen LogP) is 2.44. The number of carbonyl (C=O) groups is 1. The Hall–Kier alpha value is -2.34. The van der Waals surface area contributed by atoms with Crippen LogP contribution in [0, 0.1) is 0 Å². The van der Waals surface area contributed by atoms with Crippen LogP contribution >= 0.6 is 0 Å². The van der Waals surface area contributed by atoms with Crippen LogP contribution in [-0.4, -0.2) is 51.7 Å². The summed E-state index contributed by atoms with van der Waals surface area (Å²) in [6, 6.07) is 15.8. The fourth-order valence-electron chi connectivity index (χ4n) is 3.07. The van der Waals surface area contributed by atoms with E-state index in [1.807, 2.05) is 37.2 Å². The zero-order valence-electron chi connectivity index (χ0n) is 14.4. The Labute approximate surface area is 148 Å². The number of carbonyl (C=O) groups excluding carboxylic acids is 1. The van der Waals surface area contributed by atoms with Gasteiger partial charge in [-0.1, -0.05) is 24.3 Å². The minimum Gasteiger partial charge on any atom is -0.378 e. The molecule has 1 amide bonds. The third kappa shape index (κ3) is 3.54. The highest BCUT2D eigenvalue weighted by atomic mass is 32.2. The molecule has 0 bridgehead atoms. The molecule has 6 heteroatoms. The predicted molar refractivity (Wildman–Crippen MR) is 98.7 cm³/mol. The summed E-state index contributed by atoms with van der Waals surface area (Å²) in [6.07, 6.45) is 0.469. The molecule has 132 valence electrons. The van der Waals surface area contributed by atoms with Gasteiger partial charge in [0.2, 0.25) is 0 Å². The molecule has 1 aliphatic rings. The second-order valence-corrected chi connectivity index (χ2v) is 8.69. The maximum atomic E-state index is 12.7. The van der Waals surface area contributed by atoms with Crippen molar-refractivity contribution in [1.29, 1.82) is 0 Å². The first-order valence-corrected chi connectivity index (χ1v) is 9.80. The molecule has 1 heterocycles. The SMILES string of the molecule is CN(C)c1cccc(C(=O)N2CC[C@H](S(=O)(=O)c3ccccc3)C2)c1. The third-order valence-corrected chi connectivity index (χ3v) is 6.74. The first kappa shape index (κ1) is 17.5. The number of hydrogen-bond acceptors (Lipinski definition) is 4. The van der Waals surface area contributed by atoms with E-state index in [2.05, 4.69) is 0 Å². The van der Waals surface area contributed by atoms with Crippen molar-refractivity contribution in [3.8, 4) is 0 Å². The van der Waals surface area contributed by atoms with E-state index in [1.54, 1.807) is 41.3 Å². The molecule has 1 atom stereocenters. The molecule has 0 radical (unpaired) electrons. The van der Waals surface area contributed by atoms with Gasteiger partial charge in [0.05, 0.1) is 10.1 Å². The topological polar surface area (TPSA) is 57.7 Å². The lowest BCUT2D eigenvalue weighted by molar-refractivity contribution is 0.0793. The van der Waals surface area contributed by atoms with Crippen molar-refractivity contribution in [1.82, 2.24) is 4.90 Å². The maximum Gasteiger partial charge on any atom is 0.253 e. The highest BCUT2D eigenvalue weighted by Gasteiger charge is 2.36. The minimum absolute atomic E-state index is 0.116. The molecule has 0 aromatic heterocycles. The monoisotopic (exact) mass is 358 g/mol. The average Bonchev–Trinajstić information content (AvgIpc) is 3.13. The van der Waals surface area contributed by atoms with Crippen LogP contribution in [0.4, 0.5) is 5.69 Å². The highest BCUT2D eigenvalue weighted by Crippen LogP contribution is 2.25. The van der Waals surface area contributed by atoms with Gasteiger partial charge in [-0.3, -0.25) is 4.79 Å². The molecule has 3 rings (SSSR count). The summed E-state index contributed by atoms with van der Waals surface area (Å²) in [5.74, 6) is -0.116. The van der Waals surface area contributed by atoms with E-state index in [0.29, 0.717) is 23.4 Å². The second-order valence-electron chi connectivity index (χ2n) is 6.46. The summed E-state index contributed by atoms with van der Waals surface area (Å²) in [5.41, 5.74) is 1.53. The van der Waals surface area contributed by atoms with Gasteiger partial charge in [0, 0.05) is 38.4 Å². The van der Waals surface area contributed by atoms with Crippen molar-refractivity contribution in [3.63, 3.8) is 0 Å². The number of anilines is 1. The van der Waals surface area contributed by atoms with Gasteiger partial charge in [-0.2, -0.15) is 0 Å². The number of rotatable bonds is 4. The highest BCUT2D eigenvalue weighted by molar-refractivity contribution is 7.92. The second kappa shape index (κ2) is 6.88. The fraction of sp³-hybridized carbons (Fsp3) is 0.316. The van der Waals surface area contributed by atoms with E-state index in [0.717, 1.165) is 5.69 Å². The molecule has 0 unspecified atom stereocenters. The quantitative estimate of drug-likeness (QED) is 0.842. The standard InChI is InChI=1S/C19H22N2O3S/c1-20(2)16-8-6-7-15(13-16)19(22)21-12-11-18(14-21)25(23,24)17-9-4-3-5-10-17/h3-10,13,18H,11-12,14H2,1-2H3/t18-/m0/s1. The smallest absolute Gasteiger partial charge is 0.253 e. The summed E-state index contributed by atoms with van der Waals surface area (Å²) in [5, 5.41) is -0.545. The Bertz CT molecular complexity index is 863. The first-order chi connectivity index (χ1) is 11.9. The normalized spacial score (nSPS) is 17.5. The summed E-state index contributed by atoms with van der Waals surface area (Å²) in [7, 11) is 0.426. The largest absolute Gasteiger partial charge is 0.378 e. The number of hydrogen-bond donors (Lipinski definition) is 0. The van der Waals surface area contributed by atoms with Gasteiger partial charge in [0.1, 0.15) is 0 Å². The molecule has 0 spiro atoms. The van der Waals surface area contributed by atoms with Crippen molar-refractivity contribution < 1.29 is 13.2 Å². The molecule has 0 saturated carbocycles. The van der Waals surface area contributed by atoms with Gasteiger partial charge in [-0.25, -0.2) is 8.42 Å². The number of sulfone groups is 1. The Morgan fingerprint density at radius 2 is 1.80 bits per heavy atom. The zero-order valence-corrected chi connectivity index (χ0v) is 15.2. The maximum absolute atomic E-state index is 12.7. The van der Waals surface area contributed by atoms with E-state index in [-0.39, 0.29) is 12.5 Å². The summed E-state index contributed by atoms with van der Waals surface area (Å²) in [6.45, 7) is 0.698. The summed E-state index contributed by atoms with van der Waals surface area (Å²) >= 11 is 0. The van der Waals surface area contributed by atoms with Gasteiger partial charge in [0.15, 0.2) is 9.84 Å². The third-order valence-electron chi connectivity index (χ3n) is 4.55. The van der Waals surface area contributed by atoms with Gasteiger partial charge in [0.25, 0.3) is 5.91 Å². The lowest BCUT2D eigenvalue weighted by atomic mass is 10.1. The van der Waals surface area contributed by atoms with Crippen molar-refractivity contribution in [2.24, 2.45) is 0 Å². The van der Waals surface area contributed by atoms with E-state index in [9.17, 15) is 13.2 Å². The Morgan fingerprint density at radius 3 is 2.48 bits per heavy atom. The first-order valence-electron chi connectivity index (χ1n) is 8.25. The number of likely N-dealkylation sites (tertiary alicyclic amines) is 1. The molecule has 1 aliphatic heterocycles. The van der Waals surface area contributed by atoms with Gasteiger partial charge in [-0.15, -0.1) is 0 Å². The molecule has 1 saturated heterocycles. The molecule has 5 nitrogen and oxygen atoms in total. The summed E-state index contributed by atoms with van der Waals surface area (Å²) in [4.78, 5) is 16.6. The van der Waals surface area contributed by atoms with Crippen LogP contribution in [-0.2, 0) is 9.84 Å². The molecule has 0 aliphatic carbocycles. The van der Waals surface area contributed by atoms with Gasteiger partial charge >= 0.3 is 0 Å². The van der Waals surface area contributed by atoms with Crippen LogP contribution < -0.4 is 4.90 Å². The van der Waals surface area contributed by atoms with Crippen molar-refractivity contribution >= 4 is 21.4 Å². The molecule has 2 aromatic carbocycles. The number of benzene rings is 2.